The Balaban J connectivity index is 2.26. The molecule has 3 nitrogen and oxygen atoms in total. The van der Waals surface area contributed by atoms with Crippen molar-refractivity contribution in [1.29, 1.82) is 0 Å². The quantitative estimate of drug-likeness (QED) is 0.360. The van der Waals surface area contributed by atoms with Crippen molar-refractivity contribution < 1.29 is 0 Å². The molecule has 3 rings (SSSR count). The van der Waals surface area contributed by atoms with E-state index < -0.39 is 0 Å². The molecule has 0 aliphatic heterocycles. The molecule has 0 amide bonds. The first kappa shape index (κ1) is 21.1. The predicted octanol–water partition coefficient (Wildman–Crippen LogP) is 7.32. The van der Waals surface area contributed by atoms with Crippen LogP contribution in [0.25, 0.3) is 21.3 Å². The van der Waals surface area contributed by atoms with Crippen LogP contribution in [0.5, 0.6) is 0 Å². The highest BCUT2D eigenvalue weighted by Crippen LogP contribution is 2.43. The summed E-state index contributed by atoms with van der Waals surface area (Å²) in [6.07, 6.45) is 3.12. The molecule has 0 radical (unpaired) electrons. The molecule has 0 bridgehead atoms. The van der Waals surface area contributed by atoms with E-state index in [4.69, 9.17) is 16.6 Å². The van der Waals surface area contributed by atoms with Gasteiger partial charge in [0, 0.05) is 23.5 Å². The average molecular weight is 416 g/mol. The molecule has 0 saturated heterocycles. The predicted molar refractivity (Wildman–Crippen MR) is 124 cm³/mol. The number of fused-ring (bicyclic) bond motifs is 1. The van der Waals surface area contributed by atoms with E-state index in [0.29, 0.717) is 11.2 Å². The van der Waals surface area contributed by atoms with Gasteiger partial charge in [-0.25, -0.2) is 4.98 Å². The Hall–Kier alpha value is -1.65. The minimum atomic E-state index is 0.338. The molecule has 150 valence electrons. The topological polar surface area (TPSA) is 29.0 Å². The number of thiophene rings is 1. The monoisotopic (exact) mass is 415 g/mol. The fourth-order valence-electron chi connectivity index (χ4n) is 3.68. The minimum Gasteiger partial charge on any atom is -0.356 e. The number of halogens is 1. The Labute approximate surface area is 177 Å². The number of aromatic nitrogens is 2. The van der Waals surface area contributed by atoms with E-state index in [-0.39, 0.29) is 0 Å². The molecule has 0 saturated carbocycles. The molecule has 0 spiro atoms. The minimum absolute atomic E-state index is 0.338. The molecular weight excluding hydrogens is 386 g/mol. The molecule has 28 heavy (non-hydrogen) atoms. The van der Waals surface area contributed by atoms with Crippen molar-refractivity contribution in [3.05, 3.63) is 40.0 Å². The van der Waals surface area contributed by atoms with Crippen LogP contribution in [0, 0.1) is 0 Å². The van der Waals surface area contributed by atoms with Gasteiger partial charge in [-0.1, -0.05) is 58.9 Å². The van der Waals surface area contributed by atoms with E-state index in [1.807, 2.05) is 0 Å². The average Bonchev–Trinajstić information content (AvgIpc) is 3.05. The largest absolute Gasteiger partial charge is 0.356 e. The molecule has 5 heteroatoms. The Morgan fingerprint density at radius 3 is 2.18 bits per heavy atom. The zero-order valence-corrected chi connectivity index (χ0v) is 19.1. The van der Waals surface area contributed by atoms with Gasteiger partial charge >= 0.3 is 0 Å². The Morgan fingerprint density at radius 1 is 1.00 bits per heavy atom. The van der Waals surface area contributed by atoms with Gasteiger partial charge in [0.1, 0.15) is 10.6 Å². The number of anilines is 1. The number of nitrogens with zero attached hydrogens (tertiary/aromatic N) is 3. The van der Waals surface area contributed by atoms with Crippen LogP contribution in [0.15, 0.2) is 24.3 Å². The lowest BCUT2D eigenvalue weighted by molar-refractivity contribution is 0.736. The standard InChI is InChI=1S/C23H30ClN3S/c1-6-13-27(14-7-2)21-20-19(17-11-9-16(10-12-17)15(4)5)18(8-3)28-22(20)26-23(24)25-21/h9-12,15H,6-8,13-14H2,1-5H3. The summed E-state index contributed by atoms with van der Waals surface area (Å²) in [6.45, 7) is 13.0. The maximum Gasteiger partial charge on any atom is 0.225 e. The molecule has 0 aliphatic carbocycles. The van der Waals surface area contributed by atoms with Crippen LogP contribution in [0.2, 0.25) is 5.28 Å². The number of hydrogen-bond acceptors (Lipinski definition) is 4. The van der Waals surface area contributed by atoms with Crippen molar-refractivity contribution in [2.24, 2.45) is 0 Å². The third kappa shape index (κ3) is 4.18. The van der Waals surface area contributed by atoms with Crippen LogP contribution < -0.4 is 4.90 Å². The lowest BCUT2D eigenvalue weighted by atomic mass is 9.97. The SMILES string of the molecule is CCCN(CCC)c1nc(Cl)nc2sc(CC)c(-c3ccc(C(C)C)cc3)c12. The van der Waals surface area contributed by atoms with Crippen LogP contribution in [0.4, 0.5) is 5.82 Å². The Bertz CT molecular complexity index is 925. The van der Waals surface area contributed by atoms with Gasteiger partial charge in [-0.15, -0.1) is 11.3 Å². The summed E-state index contributed by atoms with van der Waals surface area (Å²) in [5.74, 6) is 1.51. The summed E-state index contributed by atoms with van der Waals surface area (Å²) in [4.78, 5) is 14.0. The molecule has 0 aliphatic rings. The van der Waals surface area contributed by atoms with Gasteiger partial charge in [0.15, 0.2) is 0 Å². The first-order valence-corrected chi connectivity index (χ1v) is 11.5. The molecule has 2 aromatic heterocycles. The van der Waals surface area contributed by atoms with Crippen molar-refractivity contribution in [3.8, 4) is 11.1 Å². The normalized spacial score (nSPS) is 11.5. The smallest absolute Gasteiger partial charge is 0.225 e. The zero-order valence-electron chi connectivity index (χ0n) is 17.6. The second kappa shape index (κ2) is 9.23. The highest BCUT2D eigenvalue weighted by Gasteiger charge is 2.22. The van der Waals surface area contributed by atoms with Gasteiger partial charge in [0.25, 0.3) is 0 Å². The lowest BCUT2D eigenvalue weighted by Gasteiger charge is -2.24. The summed E-state index contributed by atoms with van der Waals surface area (Å²) in [5, 5.41) is 1.50. The second-order valence-corrected chi connectivity index (χ2v) is 8.94. The van der Waals surface area contributed by atoms with Gasteiger partial charge in [-0.3, -0.25) is 0 Å². The van der Waals surface area contributed by atoms with E-state index >= 15 is 0 Å². The molecular formula is C23H30ClN3S. The van der Waals surface area contributed by atoms with Crippen LogP contribution in [-0.2, 0) is 6.42 Å². The molecule has 2 heterocycles. The van der Waals surface area contributed by atoms with Gasteiger partial charge < -0.3 is 4.90 Å². The summed E-state index contributed by atoms with van der Waals surface area (Å²) < 4.78 is 0. The molecule has 0 N–H and O–H groups in total. The number of hydrogen-bond donors (Lipinski definition) is 0. The third-order valence-electron chi connectivity index (χ3n) is 5.05. The summed E-state index contributed by atoms with van der Waals surface area (Å²) in [7, 11) is 0. The van der Waals surface area contributed by atoms with E-state index in [1.54, 1.807) is 11.3 Å². The molecule has 3 aromatic rings. The van der Waals surface area contributed by atoms with Gasteiger partial charge in [-0.05, 0) is 47.9 Å². The van der Waals surface area contributed by atoms with Crippen molar-refractivity contribution in [2.45, 2.75) is 59.8 Å². The molecule has 0 atom stereocenters. The van der Waals surface area contributed by atoms with Crippen molar-refractivity contribution in [1.82, 2.24) is 9.97 Å². The van der Waals surface area contributed by atoms with Gasteiger partial charge in [0.05, 0.1) is 5.39 Å². The first-order valence-electron chi connectivity index (χ1n) is 10.3. The van der Waals surface area contributed by atoms with E-state index in [1.165, 1.54) is 21.6 Å². The van der Waals surface area contributed by atoms with Crippen molar-refractivity contribution in [2.75, 3.05) is 18.0 Å². The van der Waals surface area contributed by atoms with E-state index in [0.717, 1.165) is 48.4 Å². The fourth-order valence-corrected chi connectivity index (χ4v) is 5.03. The maximum atomic E-state index is 6.33. The van der Waals surface area contributed by atoms with Gasteiger partial charge in [0.2, 0.25) is 5.28 Å². The summed E-state index contributed by atoms with van der Waals surface area (Å²) in [6, 6.07) is 8.99. The zero-order chi connectivity index (χ0) is 20.3. The van der Waals surface area contributed by atoms with E-state index in [9.17, 15) is 0 Å². The van der Waals surface area contributed by atoms with Crippen LogP contribution in [-0.4, -0.2) is 23.1 Å². The highest BCUT2D eigenvalue weighted by molar-refractivity contribution is 7.19. The van der Waals surface area contributed by atoms with Crippen molar-refractivity contribution >= 4 is 39.0 Å². The van der Waals surface area contributed by atoms with Gasteiger partial charge in [-0.2, -0.15) is 4.98 Å². The van der Waals surface area contributed by atoms with E-state index in [2.05, 4.69) is 68.8 Å². The van der Waals surface area contributed by atoms with Crippen LogP contribution in [0.3, 0.4) is 0 Å². The van der Waals surface area contributed by atoms with Crippen molar-refractivity contribution in [3.63, 3.8) is 0 Å². The number of aryl methyl sites for hydroxylation is 1. The Morgan fingerprint density at radius 2 is 1.64 bits per heavy atom. The lowest BCUT2D eigenvalue weighted by Crippen LogP contribution is -2.26. The summed E-state index contributed by atoms with van der Waals surface area (Å²) in [5.41, 5.74) is 3.88. The summed E-state index contributed by atoms with van der Waals surface area (Å²) >= 11 is 8.08. The van der Waals surface area contributed by atoms with Crippen LogP contribution in [0.1, 0.15) is 63.8 Å². The first-order chi connectivity index (χ1) is 13.5. The molecule has 1 aromatic carbocycles. The number of benzene rings is 1. The third-order valence-corrected chi connectivity index (χ3v) is 6.45. The second-order valence-electron chi connectivity index (χ2n) is 7.51. The molecule has 0 unspecified atom stereocenters. The van der Waals surface area contributed by atoms with Crippen LogP contribution >= 0.6 is 22.9 Å². The highest BCUT2D eigenvalue weighted by atomic mass is 35.5. The maximum absolute atomic E-state index is 6.33. The fraction of sp³-hybridized carbons (Fsp3) is 0.478. The molecule has 0 fully saturated rings. The Kier molecular flexibility index (Phi) is 6.95. The number of rotatable bonds is 8.